The van der Waals surface area contributed by atoms with Crippen molar-refractivity contribution >= 4 is 16.5 Å². The highest BCUT2D eigenvalue weighted by Gasteiger charge is 2.22. The van der Waals surface area contributed by atoms with Crippen LogP contribution in [0.1, 0.15) is 31.5 Å². The van der Waals surface area contributed by atoms with Crippen LogP contribution in [0.5, 0.6) is 0 Å². The average Bonchev–Trinajstić information content (AvgIpc) is 2.78. The van der Waals surface area contributed by atoms with E-state index in [2.05, 4.69) is 34.3 Å². The second-order valence-corrected chi connectivity index (χ2v) is 5.86. The summed E-state index contributed by atoms with van der Waals surface area (Å²) in [6.45, 7) is 4.20. The minimum atomic E-state index is 0.0410. The molecule has 2 heterocycles. The van der Waals surface area contributed by atoms with Gasteiger partial charge in [0.25, 0.3) is 0 Å². The van der Waals surface area contributed by atoms with Crippen molar-refractivity contribution in [3.63, 3.8) is 0 Å². The number of rotatable bonds is 3. The molecule has 0 aromatic carbocycles. The summed E-state index contributed by atoms with van der Waals surface area (Å²) in [5.41, 5.74) is 6.85. The highest BCUT2D eigenvalue weighted by molar-refractivity contribution is 7.13. The van der Waals surface area contributed by atoms with E-state index >= 15 is 0 Å². The Morgan fingerprint density at radius 2 is 2.12 bits per heavy atom. The second kappa shape index (κ2) is 5.33. The van der Waals surface area contributed by atoms with Crippen LogP contribution in [0.15, 0.2) is 5.38 Å². The molecule has 0 aliphatic carbocycles. The van der Waals surface area contributed by atoms with Crippen LogP contribution in [0.3, 0.4) is 0 Å². The lowest BCUT2D eigenvalue weighted by Crippen LogP contribution is -2.41. The molecule has 1 saturated heterocycles. The predicted octanol–water partition coefficient (Wildman–Crippen LogP) is 1.69. The van der Waals surface area contributed by atoms with Gasteiger partial charge in [-0.3, -0.25) is 0 Å². The first-order chi connectivity index (χ1) is 8.08. The van der Waals surface area contributed by atoms with Gasteiger partial charge in [-0.2, -0.15) is 0 Å². The standard InChI is InChI=1S/C12H22N4S/c1-9(13)11-8-17-12(14-11)16-6-4-10(5-7-16)15(2)3/h8-10H,4-7,13H2,1-3H3. The van der Waals surface area contributed by atoms with Crippen LogP contribution in [0.25, 0.3) is 0 Å². The molecule has 1 aliphatic heterocycles. The van der Waals surface area contributed by atoms with Gasteiger partial charge in [0.15, 0.2) is 5.13 Å². The van der Waals surface area contributed by atoms with E-state index in [4.69, 9.17) is 5.73 Å². The Balaban J connectivity index is 1.96. The Hall–Kier alpha value is -0.650. The van der Waals surface area contributed by atoms with Gasteiger partial charge < -0.3 is 15.5 Å². The highest BCUT2D eigenvalue weighted by atomic mass is 32.1. The van der Waals surface area contributed by atoms with Gasteiger partial charge >= 0.3 is 0 Å². The molecule has 0 bridgehead atoms. The van der Waals surface area contributed by atoms with E-state index in [1.54, 1.807) is 11.3 Å². The van der Waals surface area contributed by atoms with Crippen molar-refractivity contribution in [2.45, 2.75) is 31.8 Å². The van der Waals surface area contributed by atoms with Crippen LogP contribution in [-0.4, -0.2) is 43.1 Å². The third-order valence-electron chi connectivity index (χ3n) is 3.44. The molecule has 2 rings (SSSR count). The zero-order chi connectivity index (χ0) is 12.4. The summed E-state index contributed by atoms with van der Waals surface area (Å²) >= 11 is 1.72. The number of hydrogen-bond acceptors (Lipinski definition) is 5. The molecule has 1 atom stereocenters. The van der Waals surface area contributed by atoms with Crippen LogP contribution >= 0.6 is 11.3 Å². The molecule has 1 unspecified atom stereocenters. The lowest BCUT2D eigenvalue weighted by atomic mass is 10.0. The SMILES string of the molecule is CC(N)c1csc(N2CCC(N(C)C)CC2)n1. The maximum Gasteiger partial charge on any atom is 0.185 e. The third kappa shape index (κ3) is 2.97. The van der Waals surface area contributed by atoms with Gasteiger partial charge in [0.1, 0.15) is 0 Å². The van der Waals surface area contributed by atoms with Crippen LogP contribution in [-0.2, 0) is 0 Å². The Morgan fingerprint density at radius 3 is 2.59 bits per heavy atom. The van der Waals surface area contributed by atoms with Gasteiger partial charge in [0.05, 0.1) is 5.69 Å². The van der Waals surface area contributed by atoms with Gasteiger partial charge in [-0.1, -0.05) is 0 Å². The molecule has 96 valence electrons. The topological polar surface area (TPSA) is 45.4 Å². The van der Waals surface area contributed by atoms with Crippen LogP contribution in [0.2, 0.25) is 0 Å². The molecule has 1 fully saturated rings. The summed E-state index contributed by atoms with van der Waals surface area (Å²) in [4.78, 5) is 9.32. The normalized spacial score (nSPS) is 19.9. The summed E-state index contributed by atoms with van der Waals surface area (Å²) in [7, 11) is 4.33. The van der Waals surface area contributed by atoms with Crippen molar-refractivity contribution in [1.82, 2.24) is 9.88 Å². The maximum atomic E-state index is 5.84. The Kier molecular flexibility index (Phi) is 4.01. The molecule has 1 aromatic rings. The molecule has 2 N–H and O–H groups in total. The summed E-state index contributed by atoms with van der Waals surface area (Å²) in [6, 6.07) is 0.762. The minimum absolute atomic E-state index is 0.0410. The second-order valence-electron chi connectivity index (χ2n) is 5.03. The fraction of sp³-hybridized carbons (Fsp3) is 0.750. The van der Waals surface area contributed by atoms with Crippen molar-refractivity contribution in [1.29, 1.82) is 0 Å². The van der Waals surface area contributed by atoms with E-state index in [0.29, 0.717) is 0 Å². The quantitative estimate of drug-likeness (QED) is 0.891. The summed E-state index contributed by atoms with van der Waals surface area (Å²) in [5, 5.41) is 3.22. The number of piperidine rings is 1. The lowest BCUT2D eigenvalue weighted by molar-refractivity contribution is 0.249. The van der Waals surface area contributed by atoms with Crippen molar-refractivity contribution in [3.8, 4) is 0 Å². The Bertz CT molecular complexity index is 353. The van der Waals surface area contributed by atoms with Crippen molar-refractivity contribution in [2.75, 3.05) is 32.1 Å². The van der Waals surface area contributed by atoms with Crippen molar-refractivity contribution in [3.05, 3.63) is 11.1 Å². The van der Waals surface area contributed by atoms with E-state index in [1.165, 1.54) is 12.8 Å². The summed E-state index contributed by atoms with van der Waals surface area (Å²) < 4.78 is 0. The van der Waals surface area contributed by atoms with Crippen LogP contribution < -0.4 is 10.6 Å². The molecule has 1 aliphatic rings. The van der Waals surface area contributed by atoms with Crippen molar-refractivity contribution < 1.29 is 0 Å². The zero-order valence-corrected chi connectivity index (χ0v) is 11.7. The average molecular weight is 254 g/mol. The lowest BCUT2D eigenvalue weighted by Gasteiger charge is -2.35. The Morgan fingerprint density at radius 1 is 1.47 bits per heavy atom. The zero-order valence-electron chi connectivity index (χ0n) is 10.9. The molecule has 0 saturated carbocycles. The summed E-state index contributed by atoms with van der Waals surface area (Å²) in [6.07, 6.45) is 2.44. The van der Waals surface area contributed by atoms with Gasteiger partial charge in [-0.25, -0.2) is 4.98 Å². The minimum Gasteiger partial charge on any atom is -0.348 e. The van der Waals surface area contributed by atoms with Crippen molar-refractivity contribution in [2.24, 2.45) is 5.73 Å². The number of thiazole rings is 1. The van der Waals surface area contributed by atoms with E-state index in [-0.39, 0.29) is 6.04 Å². The van der Waals surface area contributed by atoms with E-state index in [1.807, 2.05) is 6.92 Å². The number of hydrogen-bond donors (Lipinski definition) is 1. The molecular weight excluding hydrogens is 232 g/mol. The van der Waals surface area contributed by atoms with E-state index in [9.17, 15) is 0 Å². The first-order valence-corrected chi connectivity index (χ1v) is 7.08. The number of anilines is 1. The van der Waals surface area contributed by atoms with Crippen LogP contribution in [0, 0.1) is 0 Å². The van der Waals surface area contributed by atoms with Gasteiger partial charge in [-0.15, -0.1) is 11.3 Å². The third-order valence-corrected chi connectivity index (χ3v) is 4.36. The Labute approximate surface area is 107 Å². The number of nitrogens with two attached hydrogens (primary N) is 1. The first-order valence-electron chi connectivity index (χ1n) is 6.20. The van der Waals surface area contributed by atoms with E-state index < -0.39 is 0 Å². The fourth-order valence-electron chi connectivity index (χ4n) is 2.20. The fourth-order valence-corrected chi connectivity index (χ4v) is 3.19. The molecule has 1 aromatic heterocycles. The van der Waals surface area contributed by atoms with Gasteiger partial charge in [0, 0.05) is 30.6 Å². The molecule has 5 heteroatoms. The molecule has 0 radical (unpaired) electrons. The number of aromatic nitrogens is 1. The molecular formula is C12H22N4S. The molecule has 17 heavy (non-hydrogen) atoms. The van der Waals surface area contributed by atoms with Gasteiger partial charge in [0.2, 0.25) is 0 Å². The smallest absolute Gasteiger partial charge is 0.185 e. The predicted molar refractivity (Wildman–Crippen MR) is 73.6 cm³/mol. The molecule has 0 spiro atoms. The monoisotopic (exact) mass is 254 g/mol. The largest absolute Gasteiger partial charge is 0.348 e. The van der Waals surface area contributed by atoms with Gasteiger partial charge in [-0.05, 0) is 33.9 Å². The number of nitrogens with zero attached hydrogens (tertiary/aromatic N) is 3. The molecule has 4 nitrogen and oxygen atoms in total. The summed E-state index contributed by atoms with van der Waals surface area (Å²) in [5.74, 6) is 0. The van der Waals surface area contributed by atoms with E-state index in [0.717, 1.165) is 30.0 Å². The maximum absolute atomic E-state index is 5.84. The van der Waals surface area contributed by atoms with Crippen LogP contribution in [0.4, 0.5) is 5.13 Å². The first kappa shape index (κ1) is 12.8. The highest BCUT2D eigenvalue weighted by Crippen LogP contribution is 2.26. The molecule has 0 amide bonds.